The fourth-order valence-electron chi connectivity index (χ4n) is 2.29. The van der Waals surface area contributed by atoms with E-state index in [9.17, 15) is 0 Å². The van der Waals surface area contributed by atoms with Crippen molar-refractivity contribution in [1.82, 2.24) is 0 Å². The van der Waals surface area contributed by atoms with Gasteiger partial charge in [0.05, 0.1) is 0 Å². The van der Waals surface area contributed by atoms with E-state index in [1.807, 2.05) is 0 Å². The summed E-state index contributed by atoms with van der Waals surface area (Å²) in [4.78, 5) is 0. The van der Waals surface area contributed by atoms with Crippen molar-refractivity contribution in [2.75, 3.05) is 0 Å². The fraction of sp³-hybridized carbons (Fsp3) is 0.333. The molecule has 0 radical (unpaired) electrons. The summed E-state index contributed by atoms with van der Waals surface area (Å²) in [5.41, 5.74) is 6.85. The van der Waals surface area contributed by atoms with Crippen molar-refractivity contribution < 1.29 is 0 Å². The highest BCUT2D eigenvalue weighted by atomic mass is 14.1. The molecule has 0 aliphatic carbocycles. The predicted octanol–water partition coefficient (Wildman–Crippen LogP) is 5.35. The normalized spacial score (nSPS) is 10.9. The third-order valence-corrected chi connectivity index (χ3v) is 3.59. The van der Waals surface area contributed by atoms with Crippen LogP contribution in [-0.2, 0) is 6.42 Å². The van der Waals surface area contributed by atoms with Gasteiger partial charge in [-0.05, 0) is 47.1 Å². The molecule has 0 aliphatic heterocycles. The lowest BCUT2D eigenvalue weighted by Crippen LogP contribution is -1.91. The van der Waals surface area contributed by atoms with Crippen LogP contribution in [0.2, 0.25) is 0 Å². The van der Waals surface area contributed by atoms with Gasteiger partial charge in [-0.3, -0.25) is 0 Å². The van der Waals surface area contributed by atoms with E-state index in [1.165, 1.54) is 27.8 Å². The van der Waals surface area contributed by atoms with E-state index in [-0.39, 0.29) is 0 Å². The van der Waals surface area contributed by atoms with Gasteiger partial charge in [-0.25, -0.2) is 0 Å². The van der Waals surface area contributed by atoms with Crippen LogP contribution >= 0.6 is 0 Å². The van der Waals surface area contributed by atoms with E-state index in [0.717, 1.165) is 6.42 Å². The van der Waals surface area contributed by atoms with Gasteiger partial charge in [-0.15, -0.1) is 0 Å². The summed E-state index contributed by atoms with van der Waals surface area (Å²) in [7, 11) is 0. The van der Waals surface area contributed by atoms with Crippen molar-refractivity contribution in [3.8, 4) is 11.1 Å². The summed E-state index contributed by atoms with van der Waals surface area (Å²) in [6.45, 7) is 8.88. The summed E-state index contributed by atoms with van der Waals surface area (Å²) in [5.74, 6) is 0.597. The summed E-state index contributed by atoms with van der Waals surface area (Å²) >= 11 is 0. The third-order valence-electron chi connectivity index (χ3n) is 3.59. The second-order valence-corrected chi connectivity index (χ2v) is 5.28. The summed E-state index contributed by atoms with van der Waals surface area (Å²) in [6, 6.07) is 15.7. The molecule has 0 atom stereocenters. The molecular formula is C18H22. The Morgan fingerprint density at radius 3 is 2.11 bits per heavy atom. The minimum atomic E-state index is 0.597. The monoisotopic (exact) mass is 238 g/mol. The van der Waals surface area contributed by atoms with Gasteiger partial charge in [0.15, 0.2) is 0 Å². The van der Waals surface area contributed by atoms with Crippen molar-refractivity contribution in [2.45, 2.75) is 40.0 Å². The number of hydrogen-bond donors (Lipinski definition) is 0. The molecule has 2 rings (SSSR count). The van der Waals surface area contributed by atoms with Crippen LogP contribution in [-0.4, -0.2) is 0 Å². The van der Waals surface area contributed by atoms with Gasteiger partial charge in [0.1, 0.15) is 0 Å². The molecule has 0 amide bonds. The molecule has 0 fully saturated rings. The average molecular weight is 238 g/mol. The zero-order valence-corrected chi connectivity index (χ0v) is 11.8. The summed E-state index contributed by atoms with van der Waals surface area (Å²) < 4.78 is 0. The molecule has 0 bridgehead atoms. The molecular weight excluding hydrogens is 216 g/mol. The van der Waals surface area contributed by atoms with E-state index < -0.39 is 0 Å². The molecule has 0 unspecified atom stereocenters. The van der Waals surface area contributed by atoms with Crippen LogP contribution in [0.4, 0.5) is 0 Å². The van der Waals surface area contributed by atoms with Gasteiger partial charge >= 0.3 is 0 Å². The lowest BCUT2D eigenvalue weighted by molar-refractivity contribution is 0.865. The lowest BCUT2D eigenvalue weighted by Gasteiger charge is -2.11. The molecule has 94 valence electrons. The smallest absolute Gasteiger partial charge is 0.0155 e. The summed E-state index contributed by atoms with van der Waals surface area (Å²) in [6.07, 6.45) is 1.10. The van der Waals surface area contributed by atoms with Gasteiger partial charge in [-0.1, -0.05) is 63.2 Å². The first-order valence-electron chi connectivity index (χ1n) is 6.81. The Morgan fingerprint density at radius 2 is 1.61 bits per heavy atom. The molecule has 2 aromatic carbocycles. The van der Waals surface area contributed by atoms with Crippen molar-refractivity contribution in [3.63, 3.8) is 0 Å². The number of rotatable bonds is 3. The number of benzene rings is 2. The first kappa shape index (κ1) is 12.9. The maximum atomic E-state index is 2.31. The van der Waals surface area contributed by atoms with Gasteiger partial charge in [0.25, 0.3) is 0 Å². The van der Waals surface area contributed by atoms with E-state index in [2.05, 4.69) is 70.2 Å². The van der Waals surface area contributed by atoms with Crippen LogP contribution in [0.1, 0.15) is 43.4 Å². The van der Waals surface area contributed by atoms with Gasteiger partial charge in [-0.2, -0.15) is 0 Å². The molecule has 0 heteroatoms. The van der Waals surface area contributed by atoms with Crippen LogP contribution in [0.25, 0.3) is 11.1 Å². The SMILES string of the molecule is CCc1ccc(-c2ccc(C(C)C)cc2C)cc1. The summed E-state index contributed by atoms with van der Waals surface area (Å²) in [5, 5.41) is 0. The highest BCUT2D eigenvalue weighted by molar-refractivity contribution is 5.67. The fourth-order valence-corrected chi connectivity index (χ4v) is 2.29. The van der Waals surface area contributed by atoms with Crippen molar-refractivity contribution >= 4 is 0 Å². The van der Waals surface area contributed by atoms with Gasteiger partial charge in [0.2, 0.25) is 0 Å². The van der Waals surface area contributed by atoms with E-state index in [1.54, 1.807) is 0 Å². The van der Waals surface area contributed by atoms with Gasteiger partial charge < -0.3 is 0 Å². The molecule has 0 saturated carbocycles. The third kappa shape index (κ3) is 2.64. The van der Waals surface area contributed by atoms with E-state index in [4.69, 9.17) is 0 Å². The van der Waals surface area contributed by atoms with Crippen molar-refractivity contribution in [3.05, 3.63) is 59.2 Å². The van der Waals surface area contributed by atoms with Crippen molar-refractivity contribution in [2.24, 2.45) is 0 Å². The van der Waals surface area contributed by atoms with Crippen LogP contribution in [0.5, 0.6) is 0 Å². The highest BCUT2D eigenvalue weighted by Gasteiger charge is 2.05. The van der Waals surface area contributed by atoms with Crippen LogP contribution in [0.15, 0.2) is 42.5 Å². The quantitative estimate of drug-likeness (QED) is 0.676. The second kappa shape index (κ2) is 5.39. The van der Waals surface area contributed by atoms with E-state index >= 15 is 0 Å². The Labute approximate surface area is 111 Å². The molecule has 0 aliphatic rings. The minimum Gasteiger partial charge on any atom is -0.0613 e. The maximum absolute atomic E-state index is 2.31. The first-order chi connectivity index (χ1) is 8.61. The standard InChI is InChI=1S/C18H22/c1-5-15-6-8-16(9-7-15)18-11-10-17(13(2)3)12-14(18)4/h6-13H,5H2,1-4H3. The zero-order valence-electron chi connectivity index (χ0n) is 11.8. The Hall–Kier alpha value is -1.56. The number of hydrogen-bond acceptors (Lipinski definition) is 0. The van der Waals surface area contributed by atoms with Crippen LogP contribution in [0, 0.1) is 6.92 Å². The minimum absolute atomic E-state index is 0.597. The molecule has 0 N–H and O–H groups in total. The molecule has 0 aromatic heterocycles. The molecule has 18 heavy (non-hydrogen) atoms. The highest BCUT2D eigenvalue weighted by Crippen LogP contribution is 2.27. The first-order valence-corrected chi connectivity index (χ1v) is 6.81. The molecule has 0 nitrogen and oxygen atoms in total. The largest absolute Gasteiger partial charge is 0.0613 e. The Balaban J connectivity index is 2.38. The Bertz CT molecular complexity index is 518. The lowest BCUT2D eigenvalue weighted by atomic mass is 9.94. The Morgan fingerprint density at radius 1 is 0.944 bits per heavy atom. The van der Waals surface area contributed by atoms with Crippen LogP contribution in [0.3, 0.4) is 0 Å². The van der Waals surface area contributed by atoms with Gasteiger partial charge in [0, 0.05) is 0 Å². The Kier molecular flexibility index (Phi) is 3.86. The van der Waals surface area contributed by atoms with Crippen molar-refractivity contribution in [1.29, 1.82) is 0 Å². The zero-order chi connectivity index (χ0) is 13.1. The predicted molar refractivity (Wildman–Crippen MR) is 80.1 cm³/mol. The molecule has 0 saturated heterocycles. The van der Waals surface area contributed by atoms with E-state index in [0.29, 0.717) is 5.92 Å². The maximum Gasteiger partial charge on any atom is -0.0155 e. The number of aryl methyl sites for hydroxylation is 2. The topological polar surface area (TPSA) is 0 Å². The average Bonchev–Trinajstić information content (AvgIpc) is 2.38. The molecule has 0 heterocycles. The molecule has 0 spiro atoms. The molecule has 2 aromatic rings. The second-order valence-electron chi connectivity index (χ2n) is 5.28. The van der Waals surface area contributed by atoms with Crippen LogP contribution < -0.4 is 0 Å².